The highest BCUT2D eigenvalue weighted by Crippen LogP contribution is 2.24. The maximum absolute atomic E-state index is 12.1. The van der Waals surface area contributed by atoms with Crippen LogP contribution in [-0.4, -0.2) is 28.5 Å². The molecule has 0 radical (unpaired) electrons. The number of thiazole rings is 1. The first-order chi connectivity index (χ1) is 14.0. The number of hydrogen-bond donors (Lipinski definition) is 3. The Morgan fingerprint density at radius 2 is 1.97 bits per heavy atom. The monoisotopic (exact) mass is 429 g/mol. The van der Waals surface area contributed by atoms with E-state index in [1.165, 1.54) is 11.3 Å². The van der Waals surface area contributed by atoms with E-state index in [1.807, 2.05) is 36.6 Å². The number of rotatable bonds is 7. The second kappa shape index (κ2) is 9.99. The summed E-state index contributed by atoms with van der Waals surface area (Å²) >= 11 is 7.29. The lowest BCUT2D eigenvalue weighted by atomic mass is 10.2. The number of carbonyl (C=O) groups excluding carboxylic acids is 2. The zero-order chi connectivity index (χ0) is 20.6. The van der Waals surface area contributed by atoms with Gasteiger partial charge in [0.15, 0.2) is 0 Å². The van der Waals surface area contributed by atoms with Crippen LogP contribution in [0.2, 0.25) is 5.02 Å². The summed E-state index contributed by atoms with van der Waals surface area (Å²) in [6.45, 7) is 2.07. The van der Waals surface area contributed by atoms with E-state index in [1.54, 1.807) is 24.5 Å². The quantitative estimate of drug-likeness (QED) is 0.535. The number of aromatic nitrogens is 2. The second-order valence-corrected chi connectivity index (χ2v) is 7.59. The molecule has 0 bridgehead atoms. The van der Waals surface area contributed by atoms with E-state index in [0.29, 0.717) is 11.6 Å². The molecular weight excluding hydrogens is 410 g/mol. The van der Waals surface area contributed by atoms with E-state index >= 15 is 0 Å². The molecule has 0 saturated carbocycles. The van der Waals surface area contributed by atoms with Crippen LogP contribution in [0.25, 0.3) is 11.3 Å². The first-order valence-corrected chi connectivity index (χ1v) is 10.2. The summed E-state index contributed by atoms with van der Waals surface area (Å²) in [6, 6.07) is 10.3. The lowest BCUT2D eigenvalue weighted by Crippen LogP contribution is -2.42. The number of amides is 3. The van der Waals surface area contributed by atoms with Crippen molar-refractivity contribution in [2.75, 3.05) is 6.54 Å². The molecule has 3 aromatic rings. The van der Waals surface area contributed by atoms with E-state index in [2.05, 4.69) is 25.9 Å². The lowest BCUT2D eigenvalue weighted by molar-refractivity contribution is -0.120. The summed E-state index contributed by atoms with van der Waals surface area (Å²) < 4.78 is 0. The van der Waals surface area contributed by atoms with Gasteiger partial charge in [-0.1, -0.05) is 23.7 Å². The maximum Gasteiger partial charge on any atom is 0.315 e. The normalized spacial score (nSPS) is 11.5. The van der Waals surface area contributed by atoms with Crippen molar-refractivity contribution in [3.63, 3.8) is 0 Å². The molecule has 3 N–H and O–H groups in total. The van der Waals surface area contributed by atoms with Crippen LogP contribution in [0, 0.1) is 0 Å². The first-order valence-electron chi connectivity index (χ1n) is 8.92. The number of nitrogens with one attached hydrogen (secondary N) is 3. The summed E-state index contributed by atoms with van der Waals surface area (Å²) in [5.41, 5.74) is 2.65. The Morgan fingerprint density at radius 3 is 2.69 bits per heavy atom. The summed E-state index contributed by atoms with van der Waals surface area (Å²) in [6.07, 6.45) is 3.45. The number of urea groups is 1. The average molecular weight is 430 g/mol. The maximum atomic E-state index is 12.1. The predicted molar refractivity (Wildman–Crippen MR) is 114 cm³/mol. The van der Waals surface area contributed by atoms with Crippen LogP contribution in [0.5, 0.6) is 0 Å². The zero-order valence-corrected chi connectivity index (χ0v) is 17.3. The second-order valence-electron chi connectivity index (χ2n) is 6.26. The Kier molecular flexibility index (Phi) is 7.15. The van der Waals surface area contributed by atoms with Crippen LogP contribution in [0.3, 0.4) is 0 Å². The first kappa shape index (κ1) is 20.8. The highest BCUT2D eigenvalue weighted by molar-refractivity contribution is 7.10. The minimum absolute atomic E-state index is 0.127. The molecule has 29 heavy (non-hydrogen) atoms. The molecule has 0 aliphatic heterocycles. The minimum Gasteiger partial charge on any atom is -0.346 e. The van der Waals surface area contributed by atoms with Gasteiger partial charge in [-0.15, -0.1) is 11.3 Å². The summed E-state index contributed by atoms with van der Waals surface area (Å²) in [5.74, 6) is -0.294. The van der Waals surface area contributed by atoms with E-state index in [-0.39, 0.29) is 18.5 Å². The van der Waals surface area contributed by atoms with Crippen molar-refractivity contribution in [2.24, 2.45) is 0 Å². The SMILES string of the molecule is CC(NC(=O)CNC(=O)NCc1ccc(Cl)cc1)c1nc(-c2cccnc2)cs1. The van der Waals surface area contributed by atoms with Gasteiger partial charge in [-0.3, -0.25) is 9.78 Å². The molecule has 0 fully saturated rings. The molecule has 7 nitrogen and oxygen atoms in total. The van der Waals surface area contributed by atoms with Gasteiger partial charge in [0, 0.05) is 34.9 Å². The van der Waals surface area contributed by atoms with Crippen LogP contribution >= 0.6 is 22.9 Å². The Balaban J connectivity index is 1.42. The smallest absolute Gasteiger partial charge is 0.315 e. The van der Waals surface area contributed by atoms with Crippen molar-refractivity contribution in [3.05, 3.63) is 69.8 Å². The molecule has 3 amide bonds. The third-order valence-corrected chi connectivity index (χ3v) is 5.28. The number of pyridine rings is 1. The molecule has 9 heteroatoms. The fraction of sp³-hybridized carbons (Fsp3) is 0.200. The van der Waals surface area contributed by atoms with E-state index in [0.717, 1.165) is 21.8 Å². The van der Waals surface area contributed by atoms with Crippen LogP contribution in [0.4, 0.5) is 4.79 Å². The molecule has 0 spiro atoms. The van der Waals surface area contributed by atoms with Crippen molar-refractivity contribution in [1.82, 2.24) is 25.9 Å². The predicted octanol–water partition coefficient (Wildman–Crippen LogP) is 3.54. The fourth-order valence-electron chi connectivity index (χ4n) is 2.50. The Morgan fingerprint density at radius 1 is 1.17 bits per heavy atom. The number of halogens is 1. The van der Waals surface area contributed by atoms with Gasteiger partial charge < -0.3 is 16.0 Å². The summed E-state index contributed by atoms with van der Waals surface area (Å²) in [5, 5.41) is 11.4. The lowest BCUT2D eigenvalue weighted by Gasteiger charge is -2.12. The van der Waals surface area contributed by atoms with Gasteiger partial charge in [-0.05, 0) is 36.8 Å². The van der Waals surface area contributed by atoms with Crippen LogP contribution in [0.15, 0.2) is 54.2 Å². The van der Waals surface area contributed by atoms with E-state index in [4.69, 9.17) is 11.6 Å². The third-order valence-electron chi connectivity index (χ3n) is 4.00. The molecule has 2 aromatic heterocycles. The zero-order valence-electron chi connectivity index (χ0n) is 15.7. The fourth-order valence-corrected chi connectivity index (χ4v) is 3.46. The highest BCUT2D eigenvalue weighted by Gasteiger charge is 2.14. The molecular formula is C20H20ClN5O2S. The van der Waals surface area contributed by atoms with Gasteiger partial charge in [-0.25, -0.2) is 9.78 Å². The molecule has 0 saturated heterocycles. The van der Waals surface area contributed by atoms with Gasteiger partial charge in [0.05, 0.1) is 18.3 Å². The number of nitrogens with zero attached hydrogens (tertiary/aromatic N) is 2. The van der Waals surface area contributed by atoms with Gasteiger partial charge in [0.2, 0.25) is 5.91 Å². The van der Waals surface area contributed by atoms with Crippen molar-refractivity contribution in [1.29, 1.82) is 0 Å². The Bertz CT molecular complexity index is 963. The largest absolute Gasteiger partial charge is 0.346 e. The highest BCUT2D eigenvalue weighted by atomic mass is 35.5. The van der Waals surface area contributed by atoms with Crippen molar-refractivity contribution in [2.45, 2.75) is 19.5 Å². The average Bonchev–Trinajstić information content (AvgIpc) is 3.23. The topological polar surface area (TPSA) is 96.0 Å². The van der Waals surface area contributed by atoms with Crippen LogP contribution in [-0.2, 0) is 11.3 Å². The molecule has 2 heterocycles. The van der Waals surface area contributed by atoms with Crippen molar-refractivity contribution in [3.8, 4) is 11.3 Å². The molecule has 3 rings (SSSR count). The number of benzene rings is 1. The van der Waals surface area contributed by atoms with Crippen LogP contribution in [0.1, 0.15) is 23.5 Å². The number of hydrogen-bond acceptors (Lipinski definition) is 5. The minimum atomic E-state index is -0.420. The summed E-state index contributed by atoms with van der Waals surface area (Å²) in [7, 11) is 0. The Hall–Kier alpha value is -2.97. The van der Waals surface area contributed by atoms with Gasteiger partial charge in [0.1, 0.15) is 5.01 Å². The Labute approximate surface area is 177 Å². The van der Waals surface area contributed by atoms with Gasteiger partial charge in [0.25, 0.3) is 0 Å². The van der Waals surface area contributed by atoms with Crippen molar-refractivity contribution < 1.29 is 9.59 Å². The van der Waals surface area contributed by atoms with E-state index in [9.17, 15) is 9.59 Å². The number of carbonyl (C=O) groups is 2. The van der Waals surface area contributed by atoms with Crippen molar-refractivity contribution >= 4 is 34.9 Å². The molecule has 1 aromatic carbocycles. The molecule has 1 unspecified atom stereocenters. The standard InChI is InChI=1S/C20H20ClN5O2S/c1-13(19-26-17(12-29-19)15-3-2-8-22-10-15)25-18(27)11-24-20(28)23-9-14-4-6-16(21)7-5-14/h2-8,10,12-13H,9,11H2,1H3,(H,25,27)(H2,23,24,28). The summed E-state index contributed by atoms with van der Waals surface area (Å²) in [4.78, 5) is 32.6. The van der Waals surface area contributed by atoms with Gasteiger partial charge in [-0.2, -0.15) is 0 Å². The molecule has 0 aliphatic rings. The molecule has 150 valence electrons. The molecule has 0 aliphatic carbocycles. The van der Waals surface area contributed by atoms with Gasteiger partial charge >= 0.3 is 6.03 Å². The van der Waals surface area contributed by atoms with E-state index < -0.39 is 6.03 Å². The third kappa shape index (κ3) is 6.27. The van der Waals surface area contributed by atoms with Crippen LogP contribution < -0.4 is 16.0 Å². The molecule has 1 atom stereocenters.